The number of hydrogen-bond donors (Lipinski definition) is 1. The van der Waals surface area contributed by atoms with Crippen LogP contribution in [0.1, 0.15) is 31.9 Å². The number of rotatable bonds is 6. The van der Waals surface area contributed by atoms with Crippen molar-refractivity contribution >= 4 is 21.6 Å². The van der Waals surface area contributed by atoms with E-state index in [9.17, 15) is 13.2 Å². The van der Waals surface area contributed by atoms with E-state index in [1.54, 1.807) is 32.4 Å². The van der Waals surface area contributed by atoms with Crippen molar-refractivity contribution in [3.8, 4) is 17.2 Å². The van der Waals surface area contributed by atoms with Gasteiger partial charge in [0.1, 0.15) is 5.75 Å². The fourth-order valence-electron chi connectivity index (χ4n) is 3.46. The third-order valence-electron chi connectivity index (χ3n) is 5.30. The maximum atomic E-state index is 12.8. The molecule has 0 aromatic heterocycles. The molecule has 1 amide bonds. The normalized spacial score (nSPS) is 16.1. The van der Waals surface area contributed by atoms with E-state index in [0.29, 0.717) is 22.9 Å². The first kappa shape index (κ1) is 23.7. The van der Waals surface area contributed by atoms with E-state index >= 15 is 0 Å². The zero-order chi connectivity index (χ0) is 23.7. The third-order valence-corrected chi connectivity index (χ3v) is 6.45. The van der Waals surface area contributed by atoms with Gasteiger partial charge in [0.2, 0.25) is 10.0 Å². The lowest BCUT2D eigenvalue weighted by Crippen LogP contribution is -2.50. The van der Waals surface area contributed by atoms with Crippen LogP contribution in [0.5, 0.6) is 17.2 Å². The average Bonchev–Trinajstić information content (AvgIpc) is 2.74. The van der Waals surface area contributed by atoms with Gasteiger partial charge in [-0.3, -0.25) is 9.10 Å². The molecule has 174 valence electrons. The highest BCUT2D eigenvalue weighted by Gasteiger charge is 2.35. The lowest BCUT2D eigenvalue weighted by Gasteiger charge is -2.35. The van der Waals surface area contributed by atoms with Gasteiger partial charge in [0.05, 0.1) is 32.7 Å². The second-order valence-corrected chi connectivity index (χ2v) is 10.6. The highest BCUT2D eigenvalue weighted by atomic mass is 32.2. The van der Waals surface area contributed by atoms with Crippen LogP contribution in [0.4, 0.5) is 5.69 Å². The van der Waals surface area contributed by atoms with Gasteiger partial charge >= 0.3 is 0 Å². The summed E-state index contributed by atoms with van der Waals surface area (Å²) in [7, 11) is -0.518. The molecular weight excluding hydrogens is 432 g/mol. The number of ether oxygens (including phenoxy) is 3. The molecule has 0 saturated carbocycles. The first-order valence-electron chi connectivity index (χ1n) is 10.2. The van der Waals surface area contributed by atoms with E-state index in [-0.39, 0.29) is 18.5 Å². The second-order valence-electron chi connectivity index (χ2n) is 8.74. The van der Waals surface area contributed by atoms with E-state index in [0.717, 1.165) is 17.4 Å². The molecule has 1 heterocycles. The van der Waals surface area contributed by atoms with Crippen LogP contribution in [0, 0.1) is 0 Å². The first-order valence-corrected chi connectivity index (χ1v) is 12.1. The summed E-state index contributed by atoms with van der Waals surface area (Å²) in [6.45, 7) is 6.28. The molecule has 0 fully saturated rings. The van der Waals surface area contributed by atoms with Gasteiger partial charge in [-0.05, 0) is 40.8 Å². The highest BCUT2D eigenvalue weighted by Crippen LogP contribution is 2.38. The number of nitrogens with zero attached hydrogens (tertiary/aromatic N) is 1. The van der Waals surface area contributed by atoms with Crippen LogP contribution >= 0.6 is 0 Å². The molecule has 3 rings (SSSR count). The smallest absolute Gasteiger partial charge is 0.263 e. The van der Waals surface area contributed by atoms with E-state index in [2.05, 4.69) is 5.32 Å². The molecule has 9 heteroatoms. The minimum atomic E-state index is -3.61. The number of hydrogen-bond acceptors (Lipinski definition) is 6. The molecule has 0 bridgehead atoms. The Labute approximate surface area is 189 Å². The molecule has 32 heavy (non-hydrogen) atoms. The summed E-state index contributed by atoms with van der Waals surface area (Å²) in [6, 6.07) is 10.8. The Morgan fingerprint density at radius 3 is 2.41 bits per heavy atom. The van der Waals surface area contributed by atoms with E-state index < -0.39 is 22.0 Å². The van der Waals surface area contributed by atoms with Crippen LogP contribution in [-0.4, -0.2) is 47.4 Å². The van der Waals surface area contributed by atoms with Crippen molar-refractivity contribution in [2.45, 2.75) is 38.8 Å². The minimum absolute atomic E-state index is 0.100. The van der Waals surface area contributed by atoms with Crippen LogP contribution in [0.2, 0.25) is 0 Å². The summed E-state index contributed by atoms with van der Waals surface area (Å²) >= 11 is 0. The van der Waals surface area contributed by atoms with Gasteiger partial charge < -0.3 is 19.5 Å². The van der Waals surface area contributed by atoms with E-state index in [4.69, 9.17) is 14.2 Å². The summed E-state index contributed by atoms with van der Waals surface area (Å²) in [5.41, 5.74) is 2.07. The van der Waals surface area contributed by atoms with Crippen LogP contribution in [0.25, 0.3) is 0 Å². The predicted molar refractivity (Wildman–Crippen MR) is 123 cm³/mol. The molecule has 1 N–H and O–H groups in total. The van der Waals surface area contributed by atoms with Gasteiger partial charge in [-0.2, -0.15) is 0 Å². The fourth-order valence-corrected chi connectivity index (χ4v) is 4.37. The Kier molecular flexibility index (Phi) is 6.59. The van der Waals surface area contributed by atoms with Crippen LogP contribution in [0.15, 0.2) is 36.4 Å². The summed E-state index contributed by atoms with van der Waals surface area (Å²) < 4.78 is 42.6. The Bertz CT molecular complexity index is 1110. The minimum Gasteiger partial charge on any atom is -0.493 e. The fraction of sp³-hybridized carbons (Fsp3) is 0.435. The van der Waals surface area contributed by atoms with E-state index in [1.807, 2.05) is 39.0 Å². The van der Waals surface area contributed by atoms with E-state index in [1.165, 1.54) is 4.31 Å². The summed E-state index contributed by atoms with van der Waals surface area (Å²) in [5, 5.41) is 2.81. The number of fused-ring (bicyclic) bond motifs is 1. The Hall–Kier alpha value is -2.94. The molecule has 0 spiro atoms. The molecule has 8 nitrogen and oxygen atoms in total. The molecule has 0 saturated heterocycles. The third kappa shape index (κ3) is 5.09. The maximum absolute atomic E-state index is 12.8. The molecule has 2 aromatic carbocycles. The molecule has 2 aromatic rings. The number of sulfonamides is 1. The lowest BCUT2D eigenvalue weighted by atomic mass is 9.86. The van der Waals surface area contributed by atoms with Gasteiger partial charge in [0.15, 0.2) is 17.6 Å². The Balaban J connectivity index is 1.80. The van der Waals surface area contributed by atoms with Gasteiger partial charge in [0.25, 0.3) is 5.91 Å². The summed E-state index contributed by atoms with van der Waals surface area (Å²) in [5.74, 6) is 1.10. The van der Waals surface area contributed by atoms with Crippen LogP contribution in [-0.2, 0) is 26.8 Å². The largest absolute Gasteiger partial charge is 0.493 e. The molecule has 0 aliphatic carbocycles. The first-order chi connectivity index (χ1) is 14.9. The lowest BCUT2D eigenvalue weighted by molar-refractivity contribution is -0.127. The van der Waals surface area contributed by atoms with Crippen molar-refractivity contribution in [1.29, 1.82) is 0 Å². The molecule has 1 aliphatic heterocycles. The maximum Gasteiger partial charge on any atom is 0.263 e. The zero-order valence-electron chi connectivity index (χ0n) is 19.3. The molecular formula is C23H30N2O6S. The number of carbonyl (C=O) groups is 1. The molecule has 1 aliphatic rings. The van der Waals surface area contributed by atoms with Gasteiger partial charge in [-0.15, -0.1) is 0 Å². The van der Waals surface area contributed by atoms with Crippen molar-refractivity contribution in [1.82, 2.24) is 5.32 Å². The zero-order valence-corrected chi connectivity index (χ0v) is 20.1. The predicted octanol–water partition coefficient (Wildman–Crippen LogP) is 2.84. The number of methoxy groups -OCH3 is 2. The van der Waals surface area contributed by atoms with Crippen LogP contribution in [0.3, 0.4) is 0 Å². The average molecular weight is 463 g/mol. The van der Waals surface area contributed by atoms with Gasteiger partial charge in [-0.25, -0.2) is 8.42 Å². The summed E-state index contributed by atoms with van der Waals surface area (Å²) in [4.78, 5) is 12.8. The van der Waals surface area contributed by atoms with Gasteiger partial charge in [-0.1, -0.05) is 32.9 Å². The van der Waals surface area contributed by atoms with Crippen molar-refractivity contribution < 1.29 is 27.4 Å². The van der Waals surface area contributed by atoms with Gasteiger partial charge in [0, 0.05) is 6.54 Å². The molecule has 0 radical (unpaired) electrons. The highest BCUT2D eigenvalue weighted by molar-refractivity contribution is 7.92. The standard InChI is InChI=1S/C23H30N2O6S/c1-23(2,3)16-8-10-18-17(12-16)25(32(6,27)28)14-21(31-18)22(26)24-13-15-7-9-19(29-4)20(11-15)30-5/h7-12,21H,13-14H2,1-6H3,(H,24,26). The topological polar surface area (TPSA) is 94.2 Å². The number of benzene rings is 2. The molecule has 1 atom stereocenters. The number of anilines is 1. The molecule has 1 unspecified atom stereocenters. The van der Waals surface area contributed by atoms with Crippen molar-refractivity contribution in [3.05, 3.63) is 47.5 Å². The number of amides is 1. The van der Waals surface area contributed by atoms with Crippen molar-refractivity contribution in [3.63, 3.8) is 0 Å². The Morgan fingerprint density at radius 2 is 1.81 bits per heavy atom. The van der Waals surface area contributed by atoms with Crippen LogP contribution < -0.4 is 23.8 Å². The summed E-state index contributed by atoms with van der Waals surface area (Å²) in [6.07, 6.45) is 0.155. The van der Waals surface area contributed by atoms with Crippen molar-refractivity contribution in [2.75, 3.05) is 31.3 Å². The second kappa shape index (κ2) is 8.90. The number of nitrogens with one attached hydrogen (secondary N) is 1. The number of carbonyl (C=O) groups excluding carboxylic acids is 1. The SMILES string of the molecule is COc1ccc(CNC(=O)C2CN(S(C)(=O)=O)c3cc(C(C)(C)C)ccc3O2)cc1OC. The van der Waals surface area contributed by atoms with Crippen molar-refractivity contribution in [2.24, 2.45) is 0 Å². The quantitative estimate of drug-likeness (QED) is 0.710. The Morgan fingerprint density at radius 1 is 1.12 bits per heavy atom. The monoisotopic (exact) mass is 462 g/mol.